The predicted octanol–water partition coefficient (Wildman–Crippen LogP) is 5.20. The molecular weight excluding hydrogens is 578 g/mol. The molecule has 3 heterocycles. The van der Waals surface area contributed by atoms with E-state index in [2.05, 4.69) is 26.2 Å². The number of imidazole rings is 1. The van der Waals surface area contributed by atoms with E-state index in [4.69, 9.17) is 19.2 Å². The highest BCUT2D eigenvalue weighted by Crippen LogP contribution is 2.34. The summed E-state index contributed by atoms with van der Waals surface area (Å²) in [5.74, 6) is 2.74. The molecule has 0 radical (unpaired) electrons. The minimum Gasteiger partial charge on any atom is -0.497 e. The Hall–Kier alpha value is -4.12. The molecule has 2 atom stereocenters. The van der Waals surface area contributed by atoms with E-state index in [9.17, 15) is 9.59 Å². The maximum atomic E-state index is 13.0. The molecule has 2 unspecified atom stereocenters. The van der Waals surface area contributed by atoms with Gasteiger partial charge in [0.25, 0.3) is 0 Å². The van der Waals surface area contributed by atoms with Gasteiger partial charge in [-0.1, -0.05) is 30.3 Å². The summed E-state index contributed by atoms with van der Waals surface area (Å²) in [7, 11) is 3.24. The molecule has 0 saturated carbocycles. The zero-order valence-electron chi connectivity index (χ0n) is 22.2. The van der Waals surface area contributed by atoms with Gasteiger partial charge in [0.05, 0.1) is 20.3 Å². The number of hydrogen-bond acceptors (Lipinski definition) is 8. The van der Waals surface area contributed by atoms with E-state index in [-0.39, 0.29) is 12.5 Å². The van der Waals surface area contributed by atoms with E-state index in [0.717, 1.165) is 28.8 Å². The number of likely N-dealkylation sites (tertiary alicyclic amines) is 1. The predicted molar refractivity (Wildman–Crippen MR) is 153 cm³/mol. The number of carbonyl (C=O) groups excluding carboxylic acids is 2. The molecule has 0 aliphatic carbocycles. The van der Waals surface area contributed by atoms with Crippen molar-refractivity contribution in [1.82, 2.24) is 19.3 Å². The third kappa shape index (κ3) is 5.74. The van der Waals surface area contributed by atoms with Crippen LogP contribution < -0.4 is 14.8 Å². The number of benzene rings is 2. The number of ether oxygens (including phenoxy) is 3. The number of anilines is 1. The molecule has 10 nitrogen and oxygen atoms in total. The first-order chi connectivity index (χ1) is 19.5. The Bertz CT molecular complexity index is 1500. The number of aromatic nitrogens is 3. The van der Waals surface area contributed by atoms with E-state index in [1.807, 2.05) is 59.1 Å². The third-order valence-electron chi connectivity index (χ3n) is 7.07. The number of rotatable bonds is 9. The maximum absolute atomic E-state index is 13.0. The number of carbonyl (C=O) groups is 2. The summed E-state index contributed by atoms with van der Waals surface area (Å²) in [5, 5.41) is 3.40. The van der Waals surface area contributed by atoms with Gasteiger partial charge < -0.3 is 24.3 Å². The summed E-state index contributed by atoms with van der Waals surface area (Å²) in [6, 6.07) is 14.6. The second kappa shape index (κ2) is 12.4. The topological polar surface area (TPSA) is 107 Å². The largest absolute Gasteiger partial charge is 0.497 e. The number of nitrogens with one attached hydrogen (secondary N) is 1. The summed E-state index contributed by atoms with van der Waals surface area (Å²) in [5.41, 5.74) is 2.61. The van der Waals surface area contributed by atoms with Gasteiger partial charge in [-0.05, 0) is 46.5 Å². The molecule has 4 aromatic rings. The molecule has 1 N–H and O–H groups in total. The highest BCUT2D eigenvalue weighted by molar-refractivity contribution is 9.10. The van der Waals surface area contributed by atoms with Gasteiger partial charge in [-0.2, -0.15) is 0 Å². The molecule has 5 rings (SSSR count). The van der Waals surface area contributed by atoms with Crippen molar-refractivity contribution in [2.45, 2.75) is 38.0 Å². The molecule has 2 aromatic heterocycles. The van der Waals surface area contributed by atoms with Gasteiger partial charge in [0.1, 0.15) is 40.3 Å². The number of piperidine rings is 1. The van der Waals surface area contributed by atoms with E-state index in [0.29, 0.717) is 47.9 Å². The molecule has 1 fully saturated rings. The highest BCUT2D eigenvalue weighted by atomic mass is 79.9. The summed E-state index contributed by atoms with van der Waals surface area (Å²) in [6.07, 6.45) is 5.09. The summed E-state index contributed by atoms with van der Waals surface area (Å²) < 4.78 is 19.0. The first-order valence-corrected chi connectivity index (χ1v) is 13.7. The van der Waals surface area contributed by atoms with Crippen molar-refractivity contribution in [3.63, 3.8) is 0 Å². The van der Waals surface area contributed by atoms with Crippen LogP contribution in [0.4, 0.5) is 10.6 Å². The Labute approximate surface area is 240 Å². The van der Waals surface area contributed by atoms with Crippen molar-refractivity contribution in [2.24, 2.45) is 0 Å². The minimum atomic E-state index is -0.535. The first kappa shape index (κ1) is 27.4. The van der Waals surface area contributed by atoms with Crippen LogP contribution in [0.3, 0.4) is 0 Å². The molecule has 1 amide bonds. The van der Waals surface area contributed by atoms with Crippen molar-refractivity contribution in [3.8, 4) is 11.5 Å². The lowest BCUT2D eigenvalue weighted by atomic mass is 9.93. The molecule has 0 spiro atoms. The van der Waals surface area contributed by atoms with Crippen LogP contribution in [-0.4, -0.2) is 58.5 Å². The van der Waals surface area contributed by atoms with Crippen molar-refractivity contribution in [1.29, 1.82) is 0 Å². The van der Waals surface area contributed by atoms with Crippen molar-refractivity contribution in [3.05, 3.63) is 82.5 Å². The Morgan fingerprint density at radius 2 is 1.98 bits per heavy atom. The molecule has 2 aromatic carbocycles. The summed E-state index contributed by atoms with van der Waals surface area (Å²) in [6.45, 7) is 0.930. The molecule has 1 aliphatic heterocycles. The number of methoxy groups -OCH3 is 2. The van der Waals surface area contributed by atoms with E-state index in [1.165, 1.54) is 4.90 Å². The van der Waals surface area contributed by atoms with Gasteiger partial charge in [-0.15, -0.1) is 0 Å². The van der Waals surface area contributed by atoms with Crippen LogP contribution in [0.1, 0.15) is 35.7 Å². The Balaban J connectivity index is 1.35. The van der Waals surface area contributed by atoms with Crippen molar-refractivity contribution >= 4 is 39.6 Å². The van der Waals surface area contributed by atoms with Crippen LogP contribution >= 0.6 is 15.9 Å². The molecule has 40 heavy (non-hydrogen) atoms. The fourth-order valence-corrected chi connectivity index (χ4v) is 5.53. The van der Waals surface area contributed by atoms with E-state index < -0.39 is 12.1 Å². The number of amides is 1. The smallest absolute Gasteiger partial charge is 0.410 e. The normalized spacial score (nSPS) is 16.9. The van der Waals surface area contributed by atoms with Crippen LogP contribution in [-0.2, 0) is 22.7 Å². The zero-order chi connectivity index (χ0) is 28.1. The van der Waals surface area contributed by atoms with E-state index in [1.54, 1.807) is 20.4 Å². The lowest BCUT2D eigenvalue weighted by Crippen LogP contribution is -2.47. The van der Waals surface area contributed by atoms with Crippen molar-refractivity contribution < 1.29 is 23.8 Å². The SMILES string of the molecule is COc1ccc(CNc2nccn3c(C4CCC(C=O)N(C(=O)OCc5ccccc5)C4)nc(Br)c23)c(OC)c1. The first-order valence-electron chi connectivity index (χ1n) is 12.9. The van der Waals surface area contributed by atoms with Gasteiger partial charge in [0.2, 0.25) is 0 Å². The number of fused-ring (bicyclic) bond motifs is 1. The fraction of sp³-hybridized carbons (Fsp3) is 0.310. The lowest BCUT2D eigenvalue weighted by molar-refractivity contribution is -0.113. The number of hydrogen-bond donors (Lipinski definition) is 1. The average Bonchev–Trinajstić information content (AvgIpc) is 3.35. The maximum Gasteiger partial charge on any atom is 0.410 e. The highest BCUT2D eigenvalue weighted by Gasteiger charge is 2.35. The molecule has 1 saturated heterocycles. The quantitative estimate of drug-likeness (QED) is 0.259. The number of aldehydes is 1. The Morgan fingerprint density at radius 3 is 2.73 bits per heavy atom. The van der Waals surface area contributed by atoms with Crippen LogP contribution in [0.5, 0.6) is 11.5 Å². The zero-order valence-corrected chi connectivity index (χ0v) is 23.8. The lowest BCUT2D eigenvalue weighted by Gasteiger charge is -2.35. The molecule has 208 valence electrons. The van der Waals surface area contributed by atoms with Gasteiger partial charge in [0, 0.05) is 43.0 Å². The Morgan fingerprint density at radius 1 is 1.15 bits per heavy atom. The molecule has 0 bridgehead atoms. The second-order valence-corrected chi connectivity index (χ2v) is 10.2. The van der Waals surface area contributed by atoms with Crippen LogP contribution in [0, 0.1) is 0 Å². The monoisotopic (exact) mass is 607 g/mol. The van der Waals surface area contributed by atoms with Crippen molar-refractivity contribution in [2.75, 3.05) is 26.1 Å². The second-order valence-electron chi connectivity index (χ2n) is 9.46. The number of halogens is 1. The number of nitrogens with zero attached hydrogens (tertiary/aromatic N) is 4. The summed E-state index contributed by atoms with van der Waals surface area (Å²) in [4.78, 5) is 35.7. The fourth-order valence-electron chi connectivity index (χ4n) is 4.97. The Kier molecular flexibility index (Phi) is 8.49. The molecular formula is C29H30BrN5O5. The average molecular weight is 608 g/mol. The standard InChI is InChI=1S/C29H30BrN5O5/c1-38-23-11-9-20(24(14-23)39-2)15-32-27-25-26(30)33-28(34(25)13-12-31-27)21-8-10-22(17-36)35(16-21)29(37)40-18-19-6-4-3-5-7-19/h3-7,9,11-14,17,21-22H,8,10,15-16,18H2,1-2H3,(H,31,32). The van der Waals surface area contributed by atoms with Crippen LogP contribution in [0.2, 0.25) is 0 Å². The third-order valence-corrected chi connectivity index (χ3v) is 7.62. The van der Waals surface area contributed by atoms with Gasteiger partial charge >= 0.3 is 6.09 Å². The van der Waals surface area contributed by atoms with E-state index >= 15 is 0 Å². The minimum absolute atomic E-state index is 0.101. The van der Waals surface area contributed by atoms with Gasteiger partial charge in [-0.3, -0.25) is 9.30 Å². The van der Waals surface area contributed by atoms with Crippen LogP contribution in [0.25, 0.3) is 5.52 Å². The van der Waals surface area contributed by atoms with Gasteiger partial charge in [0.15, 0.2) is 5.82 Å². The van der Waals surface area contributed by atoms with Crippen LogP contribution in [0.15, 0.2) is 65.5 Å². The molecule has 1 aliphatic rings. The summed E-state index contributed by atoms with van der Waals surface area (Å²) >= 11 is 3.61. The molecule has 11 heteroatoms. The van der Waals surface area contributed by atoms with Gasteiger partial charge in [-0.25, -0.2) is 14.8 Å².